The molecular weight excluding hydrogens is 196 g/mol. The first-order chi connectivity index (χ1) is 7.41. The molecule has 16 heavy (non-hydrogen) atoms. The molecule has 1 aliphatic rings. The van der Waals surface area contributed by atoms with E-state index in [9.17, 15) is 4.79 Å². The molecule has 0 unspecified atom stereocenters. The maximum atomic E-state index is 11.7. The first-order valence-electron chi connectivity index (χ1n) is 5.97. The predicted octanol–water partition coefficient (Wildman–Crippen LogP) is 4.21. The molecule has 1 nitrogen and oxygen atoms in total. The zero-order chi connectivity index (χ0) is 12.2. The molecule has 0 aliphatic heterocycles. The third kappa shape index (κ3) is 4.18. The van der Waals surface area contributed by atoms with E-state index in [1.54, 1.807) is 6.08 Å². The number of carbonyl (C=O) groups excluding carboxylic acids is 1. The van der Waals surface area contributed by atoms with Gasteiger partial charge in [-0.15, -0.1) is 0 Å². The summed E-state index contributed by atoms with van der Waals surface area (Å²) in [6.45, 7) is 8.40. The summed E-state index contributed by atoms with van der Waals surface area (Å²) in [7, 11) is 0. The Hall–Kier alpha value is -1.11. The Morgan fingerprint density at radius 3 is 2.56 bits per heavy atom. The maximum Gasteiger partial charge on any atom is 0.180 e. The number of hydrogen-bond donors (Lipinski definition) is 0. The molecule has 88 valence electrons. The van der Waals surface area contributed by atoms with Crippen LogP contribution in [-0.4, -0.2) is 5.78 Å². The third-order valence-electron chi connectivity index (χ3n) is 3.04. The highest BCUT2D eigenvalue weighted by Crippen LogP contribution is 2.25. The fourth-order valence-electron chi connectivity index (χ4n) is 1.66. The van der Waals surface area contributed by atoms with Crippen LogP contribution >= 0.6 is 0 Å². The average molecular weight is 218 g/mol. The van der Waals surface area contributed by atoms with Crippen molar-refractivity contribution in [1.82, 2.24) is 0 Å². The summed E-state index contributed by atoms with van der Waals surface area (Å²) in [5.41, 5.74) is 2.35. The van der Waals surface area contributed by atoms with E-state index < -0.39 is 0 Å². The molecule has 0 heterocycles. The minimum absolute atomic E-state index is 0.0710. The summed E-state index contributed by atoms with van der Waals surface area (Å²) in [5, 5.41) is 0. The van der Waals surface area contributed by atoms with Crippen molar-refractivity contribution < 1.29 is 4.79 Å². The second-order valence-corrected chi connectivity index (χ2v) is 5.37. The minimum atomic E-state index is 0.0710. The molecule has 0 spiro atoms. The Labute approximate surface area is 98.9 Å². The van der Waals surface area contributed by atoms with Crippen molar-refractivity contribution in [2.75, 3.05) is 0 Å². The van der Waals surface area contributed by atoms with Crippen LogP contribution in [0.3, 0.4) is 0 Å². The van der Waals surface area contributed by atoms with Crippen LogP contribution in [0, 0.1) is 5.41 Å². The smallest absolute Gasteiger partial charge is 0.180 e. The van der Waals surface area contributed by atoms with Crippen molar-refractivity contribution in [2.45, 2.75) is 47.0 Å². The van der Waals surface area contributed by atoms with Gasteiger partial charge in [-0.1, -0.05) is 37.6 Å². The van der Waals surface area contributed by atoms with E-state index in [-0.39, 0.29) is 11.2 Å². The Bertz CT molecular complexity index is 354. The van der Waals surface area contributed by atoms with Gasteiger partial charge in [-0.05, 0) is 50.2 Å². The van der Waals surface area contributed by atoms with Crippen LogP contribution in [0.2, 0.25) is 0 Å². The number of rotatable bonds is 0. The highest BCUT2D eigenvalue weighted by Gasteiger charge is 2.13. The number of carbonyl (C=O) groups is 1. The molecule has 1 heteroatoms. The van der Waals surface area contributed by atoms with E-state index in [1.807, 2.05) is 19.1 Å². The van der Waals surface area contributed by atoms with E-state index in [0.717, 1.165) is 24.8 Å². The van der Waals surface area contributed by atoms with Crippen molar-refractivity contribution in [3.8, 4) is 0 Å². The van der Waals surface area contributed by atoms with Gasteiger partial charge in [0.2, 0.25) is 0 Å². The van der Waals surface area contributed by atoms with Gasteiger partial charge in [0.1, 0.15) is 0 Å². The van der Waals surface area contributed by atoms with E-state index in [0.29, 0.717) is 0 Å². The van der Waals surface area contributed by atoms with Crippen molar-refractivity contribution in [2.24, 2.45) is 5.41 Å². The van der Waals surface area contributed by atoms with Crippen molar-refractivity contribution in [1.29, 1.82) is 0 Å². The van der Waals surface area contributed by atoms with E-state index >= 15 is 0 Å². The minimum Gasteiger partial charge on any atom is -0.290 e. The van der Waals surface area contributed by atoms with Crippen LogP contribution in [0.4, 0.5) is 0 Å². The summed E-state index contributed by atoms with van der Waals surface area (Å²) in [5.74, 6) is 0.146. The maximum absolute atomic E-state index is 11.7. The Balaban J connectivity index is 2.95. The van der Waals surface area contributed by atoms with Gasteiger partial charge in [-0.3, -0.25) is 4.79 Å². The molecule has 1 aliphatic carbocycles. The molecule has 0 saturated heterocycles. The monoisotopic (exact) mass is 218 g/mol. The normalized spacial score (nSPS) is 22.1. The Kier molecular flexibility index (Phi) is 4.28. The van der Waals surface area contributed by atoms with E-state index in [1.165, 1.54) is 5.57 Å². The molecule has 0 aromatic heterocycles. The summed E-state index contributed by atoms with van der Waals surface area (Å²) in [6.07, 6.45) is 11.1. The lowest BCUT2D eigenvalue weighted by Crippen LogP contribution is -2.07. The van der Waals surface area contributed by atoms with Gasteiger partial charge in [0.25, 0.3) is 0 Å². The molecule has 0 fully saturated rings. The van der Waals surface area contributed by atoms with Gasteiger partial charge in [-0.25, -0.2) is 0 Å². The molecule has 1 rings (SSSR count). The summed E-state index contributed by atoms with van der Waals surface area (Å²) < 4.78 is 0. The third-order valence-corrected chi connectivity index (χ3v) is 3.04. The van der Waals surface area contributed by atoms with Gasteiger partial charge in [-0.2, -0.15) is 0 Å². The van der Waals surface area contributed by atoms with Gasteiger partial charge in [0.15, 0.2) is 5.78 Å². The summed E-state index contributed by atoms with van der Waals surface area (Å²) in [4.78, 5) is 11.7. The molecule has 0 atom stereocenters. The lowest BCUT2D eigenvalue weighted by atomic mass is 9.87. The van der Waals surface area contributed by atoms with Gasteiger partial charge in [0, 0.05) is 0 Å². The fourth-order valence-corrected chi connectivity index (χ4v) is 1.66. The van der Waals surface area contributed by atoms with E-state index in [4.69, 9.17) is 0 Å². The quantitative estimate of drug-likeness (QED) is 0.556. The lowest BCUT2D eigenvalue weighted by Gasteiger charge is -2.18. The predicted molar refractivity (Wildman–Crippen MR) is 69.3 cm³/mol. The van der Waals surface area contributed by atoms with Crippen molar-refractivity contribution in [3.63, 3.8) is 0 Å². The molecule has 0 bridgehead atoms. The van der Waals surface area contributed by atoms with Crippen molar-refractivity contribution in [3.05, 3.63) is 35.5 Å². The Morgan fingerprint density at radius 2 is 1.88 bits per heavy atom. The molecule has 0 radical (unpaired) electrons. The van der Waals surface area contributed by atoms with Crippen LogP contribution in [-0.2, 0) is 4.79 Å². The number of hydrogen-bond acceptors (Lipinski definition) is 1. The first-order valence-corrected chi connectivity index (χ1v) is 5.97. The van der Waals surface area contributed by atoms with Crippen LogP contribution in [0.25, 0.3) is 0 Å². The topological polar surface area (TPSA) is 17.1 Å². The first kappa shape index (κ1) is 13.0. The second-order valence-electron chi connectivity index (χ2n) is 5.37. The van der Waals surface area contributed by atoms with Crippen LogP contribution in [0.15, 0.2) is 35.5 Å². The zero-order valence-electron chi connectivity index (χ0n) is 10.8. The van der Waals surface area contributed by atoms with Gasteiger partial charge >= 0.3 is 0 Å². The molecule has 0 saturated carbocycles. The Morgan fingerprint density at radius 1 is 1.19 bits per heavy atom. The highest BCUT2D eigenvalue weighted by molar-refractivity contribution is 6.03. The van der Waals surface area contributed by atoms with Crippen LogP contribution in [0.5, 0.6) is 0 Å². The second kappa shape index (κ2) is 5.29. The van der Waals surface area contributed by atoms with Crippen LogP contribution < -0.4 is 0 Å². The standard InChI is InChI=1S/C15H22O/c1-12-6-5-7-13(2)14(16)9-11-15(3,4)10-8-12/h7-9,11H,5-6,10H2,1-4H3. The fraction of sp³-hybridized carbons (Fsp3) is 0.533. The zero-order valence-corrected chi connectivity index (χ0v) is 10.8. The molecule has 0 aromatic carbocycles. The SMILES string of the molecule is CC1=CCC(C)(C)C=CC(=O)C(C)=CCC1. The molecule has 0 N–H and O–H groups in total. The molecule has 0 amide bonds. The average Bonchev–Trinajstić information content (AvgIpc) is 2.23. The van der Waals surface area contributed by atoms with Gasteiger partial charge in [0.05, 0.1) is 0 Å². The molecule has 0 aromatic rings. The molecular formula is C15H22O. The van der Waals surface area contributed by atoms with E-state index in [2.05, 4.69) is 26.8 Å². The number of ketones is 1. The summed E-state index contributed by atoms with van der Waals surface area (Å²) in [6, 6.07) is 0. The van der Waals surface area contributed by atoms with Crippen molar-refractivity contribution >= 4 is 5.78 Å². The lowest BCUT2D eigenvalue weighted by molar-refractivity contribution is -0.111. The highest BCUT2D eigenvalue weighted by atomic mass is 16.1. The van der Waals surface area contributed by atoms with Crippen LogP contribution in [0.1, 0.15) is 47.0 Å². The number of allylic oxidation sites excluding steroid dienone is 6. The summed E-state index contributed by atoms with van der Waals surface area (Å²) >= 11 is 0. The largest absolute Gasteiger partial charge is 0.290 e. The van der Waals surface area contributed by atoms with Gasteiger partial charge < -0.3 is 0 Å².